The molecule has 0 N–H and O–H groups in total. The molecule has 31 heavy (non-hydrogen) atoms. The minimum absolute atomic E-state index is 0.267. The van der Waals surface area contributed by atoms with Crippen LogP contribution in [0.3, 0.4) is 0 Å². The average molecular weight is 561 g/mol. The molecule has 0 aliphatic carbocycles. The fraction of sp³-hybridized carbons (Fsp3) is 0.0526. The van der Waals surface area contributed by atoms with E-state index in [1.807, 2.05) is 0 Å². The van der Waals surface area contributed by atoms with Gasteiger partial charge in [-0.25, -0.2) is 0 Å². The molecule has 162 valence electrons. The first-order chi connectivity index (χ1) is 14.4. The first kappa shape index (κ1) is 23.2. The molecule has 1 nitrogen and oxygen atoms in total. The Hall–Kier alpha value is -2.42. The van der Waals surface area contributed by atoms with Crippen LogP contribution < -0.4 is 8.25 Å². The quantitative estimate of drug-likeness (QED) is 0.185. The Kier molecular flexibility index (Phi) is 6.19. The molecular formula is C19H5F10OSb. The molecule has 3 rings (SSSR count). The molecule has 0 spiro atoms. The molecule has 0 saturated carbocycles. The zero-order chi connectivity index (χ0) is 23.4. The summed E-state index contributed by atoms with van der Waals surface area (Å²) in [4.78, 5) is 0. The molecule has 0 heterocycles. The summed E-state index contributed by atoms with van der Waals surface area (Å²) >= 11 is 0.607. The predicted molar refractivity (Wildman–Crippen MR) is 88.8 cm³/mol. The van der Waals surface area contributed by atoms with Crippen molar-refractivity contribution in [1.82, 2.24) is 0 Å². The fourth-order valence-corrected chi connectivity index (χ4v) is 3.74. The molecule has 3 aromatic rings. The van der Waals surface area contributed by atoms with Gasteiger partial charge in [0.05, 0.1) is 0 Å². The summed E-state index contributed by atoms with van der Waals surface area (Å²) in [5.41, 5.74) is -5.36. The average Bonchev–Trinajstić information content (AvgIpc) is 2.75. The van der Waals surface area contributed by atoms with Crippen molar-refractivity contribution < 1.29 is 48.6 Å². The summed E-state index contributed by atoms with van der Waals surface area (Å²) in [6.45, 7) is 0. The molecule has 0 amide bonds. The maximum atomic E-state index is 14.5. The van der Waals surface area contributed by atoms with Crippen LogP contribution in [0.4, 0.5) is 43.9 Å². The Morgan fingerprint density at radius 3 is 1.16 bits per heavy atom. The zero-order valence-electron chi connectivity index (χ0n) is 14.8. The first-order valence-corrected chi connectivity index (χ1v) is 9.16. The van der Waals surface area contributed by atoms with Crippen molar-refractivity contribution >= 4 is 26.5 Å². The van der Waals surface area contributed by atoms with Gasteiger partial charge in [-0.3, -0.25) is 0 Å². The third kappa shape index (κ3) is 3.43. The van der Waals surface area contributed by atoms with Gasteiger partial charge in [-0.2, -0.15) is 0 Å². The van der Waals surface area contributed by atoms with Gasteiger partial charge in [0, 0.05) is 0 Å². The number of rotatable bonds is 3. The number of hydrogen-bond donors (Lipinski definition) is 0. The van der Waals surface area contributed by atoms with Crippen LogP contribution in [0, 0.1) is 58.2 Å². The van der Waals surface area contributed by atoms with Gasteiger partial charge in [-0.15, -0.1) is 0 Å². The van der Waals surface area contributed by atoms with Crippen LogP contribution in [0.1, 0.15) is 0 Å². The zero-order valence-corrected chi connectivity index (χ0v) is 17.3. The second-order valence-corrected chi connectivity index (χ2v) is 7.30. The van der Waals surface area contributed by atoms with E-state index in [-0.39, 0.29) is 3.51 Å². The molecule has 0 bridgehead atoms. The molecule has 0 unspecified atom stereocenters. The van der Waals surface area contributed by atoms with Gasteiger partial charge in [-0.05, 0) is 0 Å². The molecule has 2 radical (unpaired) electrons. The summed E-state index contributed by atoms with van der Waals surface area (Å²) in [6, 6.07) is 2.02. The molecule has 0 fully saturated rings. The van der Waals surface area contributed by atoms with E-state index in [1.54, 1.807) is 0 Å². The molecule has 0 aliphatic heterocycles. The normalized spacial score (nSPS) is 11.2. The Bertz CT molecular complexity index is 1180. The second-order valence-electron chi connectivity index (χ2n) is 5.93. The minimum atomic E-state index is -2.51. The monoisotopic (exact) mass is 560 g/mol. The van der Waals surface area contributed by atoms with E-state index < -0.39 is 86.2 Å². The Morgan fingerprint density at radius 2 is 0.806 bits per heavy atom. The summed E-state index contributed by atoms with van der Waals surface area (Å²) in [5.74, 6) is -24.7. The first-order valence-electron chi connectivity index (χ1n) is 7.89. The van der Waals surface area contributed by atoms with Crippen LogP contribution in [-0.2, 0) is 0 Å². The van der Waals surface area contributed by atoms with E-state index in [0.29, 0.717) is 23.0 Å². The van der Waals surface area contributed by atoms with Gasteiger partial charge < -0.3 is 0 Å². The molecule has 3 aromatic carbocycles. The van der Waals surface area contributed by atoms with Gasteiger partial charge in [0.15, 0.2) is 0 Å². The van der Waals surface area contributed by atoms with Crippen molar-refractivity contribution in [3.8, 4) is 28.0 Å². The Morgan fingerprint density at radius 1 is 0.484 bits per heavy atom. The summed E-state index contributed by atoms with van der Waals surface area (Å²) in [6.07, 6.45) is 0. The molecule has 0 aliphatic rings. The SMILES string of the molecule is COc1cc[c]([Sb])c(-c2c(F)c(F)c(F)c(F)c2F)c1-c1c(F)c(F)c(F)c(F)c1F. The number of methoxy groups -OCH3 is 1. The van der Waals surface area contributed by atoms with Gasteiger partial charge in [-0.1, -0.05) is 0 Å². The summed E-state index contributed by atoms with van der Waals surface area (Å²) < 4.78 is 144. The van der Waals surface area contributed by atoms with Gasteiger partial charge >= 0.3 is 181 Å². The van der Waals surface area contributed by atoms with E-state index in [0.717, 1.165) is 19.2 Å². The van der Waals surface area contributed by atoms with Crippen molar-refractivity contribution in [1.29, 1.82) is 0 Å². The third-order valence-electron chi connectivity index (χ3n) is 4.28. The predicted octanol–water partition coefficient (Wildman–Crippen LogP) is 5.21. The van der Waals surface area contributed by atoms with Crippen molar-refractivity contribution in [3.05, 3.63) is 70.3 Å². The maximum absolute atomic E-state index is 14.5. The van der Waals surface area contributed by atoms with E-state index in [1.165, 1.54) is 0 Å². The number of halogens is 10. The van der Waals surface area contributed by atoms with Crippen LogP contribution in [-0.4, -0.2) is 30.1 Å². The van der Waals surface area contributed by atoms with Crippen molar-refractivity contribution in [3.63, 3.8) is 0 Å². The van der Waals surface area contributed by atoms with Gasteiger partial charge in [0.25, 0.3) is 0 Å². The standard InChI is InChI=1S/C19H5F10O.Sb/c1-30-6-4-2-3-5(8-10(20)14(24)18(28)15(25)11(8)21)7(6)9-12(22)16(26)19(29)17(27)13(9)23;/h2,4H,1H3;. The van der Waals surface area contributed by atoms with Gasteiger partial charge in [0.1, 0.15) is 0 Å². The van der Waals surface area contributed by atoms with Gasteiger partial charge in [0.2, 0.25) is 0 Å². The Balaban J connectivity index is 2.62. The second kappa shape index (κ2) is 8.26. The molecule has 0 atom stereocenters. The van der Waals surface area contributed by atoms with E-state index >= 15 is 0 Å². The summed E-state index contributed by atoms with van der Waals surface area (Å²) in [5, 5.41) is 0. The van der Waals surface area contributed by atoms with Crippen molar-refractivity contribution in [2.45, 2.75) is 0 Å². The molecule has 12 heteroatoms. The van der Waals surface area contributed by atoms with Crippen molar-refractivity contribution in [2.24, 2.45) is 0 Å². The van der Waals surface area contributed by atoms with E-state index in [2.05, 4.69) is 0 Å². The molecular weight excluding hydrogens is 556 g/mol. The number of hydrogen-bond acceptors (Lipinski definition) is 1. The van der Waals surface area contributed by atoms with E-state index in [9.17, 15) is 43.9 Å². The summed E-state index contributed by atoms with van der Waals surface area (Å²) in [7, 11) is 0.895. The molecule has 0 aromatic heterocycles. The topological polar surface area (TPSA) is 9.23 Å². The fourth-order valence-electron chi connectivity index (χ4n) is 2.89. The van der Waals surface area contributed by atoms with Crippen LogP contribution in [0.2, 0.25) is 0 Å². The third-order valence-corrected chi connectivity index (χ3v) is 5.35. The number of ether oxygens (including phenoxy) is 1. The van der Waals surface area contributed by atoms with Crippen molar-refractivity contribution in [2.75, 3.05) is 7.11 Å². The number of benzene rings is 3. The van der Waals surface area contributed by atoms with Crippen LogP contribution >= 0.6 is 0 Å². The van der Waals surface area contributed by atoms with E-state index in [4.69, 9.17) is 4.74 Å². The Labute approximate surface area is 180 Å². The van der Waals surface area contributed by atoms with Crippen LogP contribution in [0.15, 0.2) is 12.1 Å². The van der Waals surface area contributed by atoms with Crippen LogP contribution in [0.5, 0.6) is 5.75 Å². The van der Waals surface area contributed by atoms with Crippen LogP contribution in [0.25, 0.3) is 22.3 Å². The molecule has 0 saturated heterocycles.